The molecule has 0 spiro atoms. The first-order chi connectivity index (χ1) is 10.1. The number of anilines is 2. The molecule has 0 saturated heterocycles. The molecule has 0 unspecified atom stereocenters. The van der Waals surface area contributed by atoms with E-state index in [9.17, 15) is 0 Å². The minimum atomic E-state index is 0.701. The Morgan fingerprint density at radius 2 is 1.81 bits per heavy atom. The topological polar surface area (TPSA) is 62.7 Å². The average Bonchev–Trinajstić information content (AvgIpc) is 2.90. The van der Waals surface area contributed by atoms with Crippen molar-refractivity contribution < 1.29 is 0 Å². The van der Waals surface area contributed by atoms with Gasteiger partial charge in [-0.3, -0.25) is 0 Å². The molecule has 0 amide bonds. The number of nitrogens with one attached hydrogen (secondary N) is 2. The maximum Gasteiger partial charge on any atom is 0.135 e. The fourth-order valence-electron chi connectivity index (χ4n) is 1.95. The van der Waals surface area contributed by atoms with Crippen LogP contribution in [0, 0.1) is 13.8 Å². The van der Waals surface area contributed by atoms with Gasteiger partial charge in [0.05, 0.1) is 6.54 Å². The highest BCUT2D eigenvalue weighted by molar-refractivity contribution is 7.11. The van der Waals surface area contributed by atoms with Crippen molar-refractivity contribution in [1.29, 1.82) is 0 Å². The van der Waals surface area contributed by atoms with Crippen LogP contribution >= 0.6 is 11.3 Å². The number of aryl methyl sites for hydroxylation is 2. The summed E-state index contributed by atoms with van der Waals surface area (Å²) in [6.45, 7) is 9.96. The molecular weight excluding hydrogens is 282 g/mol. The molecule has 0 aliphatic heterocycles. The van der Waals surface area contributed by atoms with Gasteiger partial charge in [-0.1, -0.05) is 13.8 Å². The lowest BCUT2D eigenvalue weighted by Gasteiger charge is -2.14. The zero-order valence-corrected chi connectivity index (χ0v) is 14.0. The van der Waals surface area contributed by atoms with Crippen LogP contribution in [0.2, 0.25) is 0 Å². The fourth-order valence-corrected chi connectivity index (χ4v) is 2.68. The lowest BCUT2D eigenvalue weighted by molar-refractivity contribution is 0.902. The Balaban J connectivity index is 2.16. The van der Waals surface area contributed by atoms with E-state index in [1.54, 1.807) is 11.3 Å². The summed E-state index contributed by atoms with van der Waals surface area (Å²) in [6, 6.07) is 0. The van der Waals surface area contributed by atoms with Crippen molar-refractivity contribution in [2.75, 3.05) is 17.2 Å². The third-order valence-electron chi connectivity index (χ3n) is 3.13. The van der Waals surface area contributed by atoms with Crippen molar-refractivity contribution in [2.24, 2.45) is 0 Å². The third-order valence-corrected chi connectivity index (χ3v) is 4.04. The van der Waals surface area contributed by atoms with E-state index < -0.39 is 0 Å². The van der Waals surface area contributed by atoms with Crippen LogP contribution in [0.25, 0.3) is 0 Å². The van der Waals surface area contributed by atoms with Crippen LogP contribution in [-0.2, 0) is 13.0 Å². The molecule has 6 heteroatoms. The summed E-state index contributed by atoms with van der Waals surface area (Å²) in [5.74, 6) is 2.69. The molecule has 2 heterocycles. The summed E-state index contributed by atoms with van der Waals surface area (Å²) >= 11 is 1.71. The maximum absolute atomic E-state index is 4.60. The van der Waals surface area contributed by atoms with Crippen molar-refractivity contribution in [3.05, 3.63) is 27.5 Å². The second-order valence-electron chi connectivity index (χ2n) is 4.96. The highest BCUT2D eigenvalue weighted by Crippen LogP contribution is 2.21. The second kappa shape index (κ2) is 7.36. The molecule has 2 aromatic rings. The lowest BCUT2D eigenvalue weighted by atomic mass is 10.2. The Morgan fingerprint density at radius 3 is 2.38 bits per heavy atom. The van der Waals surface area contributed by atoms with Gasteiger partial charge in [0.1, 0.15) is 22.5 Å². The predicted molar refractivity (Wildman–Crippen MR) is 89.1 cm³/mol. The SMILES string of the molecule is CCCNc1nc(CC)nc(NCc2ncc(C)s2)c1C. The van der Waals surface area contributed by atoms with Gasteiger partial charge in [0.15, 0.2) is 0 Å². The standard InChI is InChI=1S/C15H23N5S/c1-5-7-16-14-11(4)15(20-12(6-2)19-14)18-9-13-17-8-10(3)21-13/h8H,5-7,9H2,1-4H3,(H2,16,18,19,20). The first-order valence-electron chi connectivity index (χ1n) is 7.40. The van der Waals surface area contributed by atoms with Crippen LogP contribution in [0.5, 0.6) is 0 Å². The highest BCUT2D eigenvalue weighted by Gasteiger charge is 2.10. The van der Waals surface area contributed by atoms with E-state index in [0.29, 0.717) is 6.54 Å². The monoisotopic (exact) mass is 305 g/mol. The summed E-state index contributed by atoms with van der Waals surface area (Å²) in [6.07, 6.45) is 3.80. The second-order valence-corrected chi connectivity index (χ2v) is 6.28. The lowest BCUT2D eigenvalue weighted by Crippen LogP contribution is -2.11. The van der Waals surface area contributed by atoms with E-state index in [4.69, 9.17) is 0 Å². The first-order valence-corrected chi connectivity index (χ1v) is 8.22. The van der Waals surface area contributed by atoms with Crippen LogP contribution < -0.4 is 10.6 Å². The summed E-state index contributed by atoms with van der Waals surface area (Å²) in [4.78, 5) is 14.8. The summed E-state index contributed by atoms with van der Waals surface area (Å²) < 4.78 is 0. The molecule has 0 atom stereocenters. The van der Waals surface area contributed by atoms with Crippen molar-refractivity contribution >= 4 is 23.0 Å². The van der Waals surface area contributed by atoms with Crippen LogP contribution in [0.3, 0.4) is 0 Å². The summed E-state index contributed by atoms with van der Waals surface area (Å²) in [5, 5.41) is 7.84. The smallest absolute Gasteiger partial charge is 0.135 e. The number of hydrogen-bond acceptors (Lipinski definition) is 6. The quantitative estimate of drug-likeness (QED) is 0.819. The molecule has 2 N–H and O–H groups in total. The Kier molecular flexibility index (Phi) is 5.50. The highest BCUT2D eigenvalue weighted by atomic mass is 32.1. The zero-order chi connectivity index (χ0) is 15.2. The average molecular weight is 305 g/mol. The summed E-state index contributed by atoms with van der Waals surface area (Å²) in [7, 11) is 0. The van der Waals surface area contributed by atoms with Crippen LogP contribution in [-0.4, -0.2) is 21.5 Å². The first kappa shape index (κ1) is 15.7. The third kappa shape index (κ3) is 4.14. The Labute approximate surface area is 130 Å². The van der Waals surface area contributed by atoms with Crippen molar-refractivity contribution in [3.63, 3.8) is 0 Å². The molecular formula is C15H23N5S. The predicted octanol–water partition coefficient (Wildman–Crippen LogP) is 3.55. The molecule has 2 rings (SSSR count). The molecule has 0 bridgehead atoms. The number of aromatic nitrogens is 3. The molecule has 21 heavy (non-hydrogen) atoms. The van der Waals surface area contributed by atoms with Gasteiger partial charge in [0, 0.05) is 29.6 Å². The van der Waals surface area contributed by atoms with E-state index in [0.717, 1.165) is 47.4 Å². The van der Waals surface area contributed by atoms with Gasteiger partial charge in [0.2, 0.25) is 0 Å². The van der Waals surface area contributed by atoms with Crippen molar-refractivity contribution in [1.82, 2.24) is 15.0 Å². The fraction of sp³-hybridized carbons (Fsp3) is 0.533. The van der Waals surface area contributed by atoms with E-state index in [1.807, 2.05) is 13.1 Å². The Bertz CT molecular complexity index is 594. The molecule has 114 valence electrons. The molecule has 0 radical (unpaired) electrons. The van der Waals surface area contributed by atoms with Crippen LogP contribution in [0.4, 0.5) is 11.6 Å². The van der Waals surface area contributed by atoms with Gasteiger partial charge in [-0.05, 0) is 20.3 Å². The molecule has 2 aromatic heterocycles. The van der Waals surface area contributed by atoms with E-state index in [1.165, 1.54) is 4.88 Å². The van der Waals surface area contributed by atoms with Gasteiger partial charge in [-0.2, -0.15) is 0 Å². The molecule has 0 aromatic carbocycles. The molecule has 5 nitrogen and oxygen atoms in total. The molecule has 0 aliphatic rings. The molecule has 0 fully saturated rings. The Hall–Kier alpha value is -1.69. The van der Waals surface area contributed by atoms with E-state index in [2.05, 4.69) is 46.4 Å². The number of nitrogens with zero attached hydrogens (tertiary/aromatic N) is 3. The van der Waals surface area contributed by atoms with Gasteiger partial charge < -0.3 is 10.6 Å². The van der Waals surface area contributed by atoms with Gasteiger partial charge in [-0.15, -0.1) is 11.3 Å². The number of thiazole rings is 1. The van der Waals surface area contributed by atoms with Gasteiger partial charge in [0.25, 0.3) is 0 Å². The van der Waals surface area contributed by atoms with E-state index >= 15 is 0 Å². The normalized spacial score (nSPS) is 10.7. The largest absolute Gasteiger partial charge is 0.370 e. The minimum absolute atomic E-state index is 0.701. The molecule has 0 aliphatic carbocycles. The zero-order valence-electron chi connectivity index (χ0n) is 13.2. The van der Waals surface area contributed by atoms with Crippen molar-refractivity contribution in [2.45, 2.75) is 47.1 Å². The van der Waals surface area contributed by atoms with E-state index in [-0.39, 0.29) is 0 Å². The summed E-state index contributed by atoms with van der Waals surface area (Å²) in [5.41, 5.74) is 1.06. The van der Waals surface area contributed by atoms with Crippen LogP contribution in [0.15, 0.2) is 6.20 Å². The minimum Gasteiger partial charge on any atom is -0.370 e. The van der Waals surface area contributed by atoms with Gasteiger partial charge >= 0.3 is 0 Å². The number of rotatable bonds is 7. The number of hydrogen-bond donors (Lipinski definition) is 2. The Morgan fingerprint density at radius 1 is 1.10 bits per heavy atom. The van der Waals surface area contributed by atoms with Crippen molar-refractivity contribution in [3.8, 4) is 0 Å². The van der Waals surface area contributed by atoms with Gasteiger partial charge in [-0.25, -0.2) is 15.0 Å². The maximum atomic E-state index is 4.60. The van der Waals surface area contributed by atoms with Crippen LogP contribution in [0.1, 0.15) is 41.5 Å². The molecule has 0 saturated carbocycles.